The van der Waals surface area contributed by atoms with Crippen molar-refractivity contribution in [3.05, 3.63) is 59.7 Å². The third kappa shape index (κ3) is 13.2. The summed E-state index contributed by atoms with van der Waals surface area (Å²) in [6.07, 6.45) is -4.39. The molecule has 0 bridgehead atoms. The molecule has 278 valence electrons. The van der Waals surface area contributed by atoms with Gasteiger partial charge in [0.1, 0.15) is 11.5 Å². The molecule has 2 fully saturated rings. The van der Waals surface area contributed by atoms with E-state index in [1.54, 1.807) is 24.3 Å². The Kier molecular flexibility index (Phi) is 15.0. The molecule has 12 heteroatoms. The minimum absolute atomic E-state index is 0.480. The van der Waals surface area contributed by atoms with Crippen molar-refractivity contribution in [3.8, 4) is 11.5 Å². The van der Waals surface area contributed by atoms with E-state index >= 15 is 0 Å². The van der Waals surface area contributed by atoms with E-state index in [1.807, 2.05) is 0 Å². The Labute approximate surface area is 282 Å². The van der Waals surface area contributed by atoms with E-state index in [1.165, 1.54) is 94.9 Å². The molecule has 0 atom stereocenters. The number of aryl methyl sites for hydroxylation is 2. The first-order chi connectivity index (χ1) is 22.9. The molecule has 0 N–H and O–H groups in total. The fraction of sp³-hybridized carbons (Fsp3) is 0.676. The van der Waals surface area contributed by atoms with Crippen LogP contribution in [0.25, 0.3) is 0 Å². The number of rotatable bonds is 13. The minimum Gasteiger partial charge on any atom is -0.426 e. The molecule has 0 saturated heterocycles. The predicted molar refractivity (Wildman–Crippen MR) is 169 cm³/mol. The number of hydrogen-bond acceptors (Lipinski definition) is 2. The van der Waals surface area contributed by atoms with Crippen LogP contribution in [0.3, 0.4) is 0 Å². The van der Waals surface area contributed by atoms with Gasteiger partial charge in [-0.15, -0.1) is 0 Å². The van der Waals surface area contributed by atoms with Gasteiger partial charge in [-0.1, -0.05) is 109 Å². The van der Waals surface area contributed by atoms with Crippen molar-refractivity contribution in [1.82, 2.24) is 0 Å². The van der Waals surface area contributed by atoms with Crippen molar-refractivity contribution in [2.75, 3.05) is 0 Å². The first-order valence-corrected chi connectivity index (χ1v) is 17.4. The van der Waals surface area contributed by atoms with Crippen LogP contribution < -0.4 is 9.47 Å². The van der Waals surface area contributed by atoms with Crippen LogP contribution in [0.2, 0.25) is 0 Å². The average Bonchev–Trinajstić information content (AvgIpc) is 3.04. The third-order valence-corrected chi connectivity index (χ3v) is 9.89. The Morgan fingerprint density at radius 2 is 0.776 bits per heavy atom. The van der Waals surface area contributed by atoms with Crippen LogP contribution in [-0.2, 0) is 12.8 Å². The molecule has 0 radical (unpaired) electrons. The average molecular weight is 715 g/mol. The van der Waals surface area contributed by atoms with E-state index in [-0.39, 0.29) is 0 Å². The molecule has 0 unspecified atom stereocenters. The van der Waals surface area contributed by atoms with Gasteiger partial charge in [0, 0.05) is 0 Å². The van der Waals surface area contributed by atoms with Gasteiger partial charge in [-0.2, -0.15) is 43.9 Å². The lowest BCUT2D eigenvalue weighted by Gasteiger charge is -2.28. The summed E-state index contributed by atoms with van der Waals surface area (Å²) in [5.74, 6) is 2.09. The normalized spacial score (nSPS) is 22.2. The highest BCUT2D eigenvalue weighted by Crippen LogP contribution is 2.39. The van der Waals surface area contributed by atoms with Gasteiger partial charge >= 0.3 is 24.6 Å². The molecule has 49 heavy (non-hydrogen) atoms. The number of alkyl halides is 10. The second-order valence-electron chi connectivity index (χ2n) is 13.6. The molecule has 2 aliphatic rings. The van der Waals surface area contributed by atoms with Crippen LogP contribution in [0.5, 0.6) is 11.5 Å². The van der Waals surface area contributed by atoms with E-state index in [4.69, 9.17) is 0 Å². The van der Waals surface area contributed by atoms with E-state index < -0.39 is 36.1 Å². The van der Waals surface area contributed by atoms with Crippen molar-refractivity contribution in [1.29, 1.82) is 0 Å². The molecule has 4 rings (SSSR count). The van der Waals surface area contributed by atoms with Gasteiger partial charge in [0.05, 0.1) is 0 Å². The maximum absolute atomic E-state index is 12.8. The highest BCUT2D eigenvalue weighted by molar-refractivity contribution is 5.28. The second-order valence-corrected chi connectivity index (χ2v) is 13.6. The Morgan fingerprint density at radius 1 is 0.469 bits per heavy atom. The number of benzene rings is 2. The van der Waals surface area contributed by atoms with Gasteiger partial charge in [-0.25, -0.2) is 0 Å². The Bertz CT molecular complexity index is 1210. The SMILES string of the molecule is CCCC1CCC(CCc2ccc(OC(F)(F)C(F)(F)F)cc2)CC1.CC[C@H]1CC[C@H](CCc2ccc(OC(F)(F)C(F)(F)F)cc2)CC1. The zero-order valence-electron chi connectivity index (χ0n) is 28.1. The van der Waals surface area contributed by atoms with Gasteiger partial charge in [0.2, 0.25) is 0 Å². The van der Waals surface area contributed by atoms with Gasteiger partial charge in [0.15, 0.2) is 0 Å². The summed E-state index contributed by atoms with van der Waals surface area (Å²) in [6.45, 7) is 4.43. The monoisotopic (exact) mass is 714 g/mol. The zero-order valence-corrected chi connectivity index (χ0v) is 28.1. The summed E-state index contributed by atoms with van der Waals surface area (Å²) in [7, 11) is 0. The molecular formula is C37H48F10O2. The van der Waals surface area contributed by atoms with Gasteiger partial charge < -0.3 is 9.47 Å². The predicted octanol–water partition coefficient (Wildman–Crippen LogP) is 13.1. The largest absolute Gasteiger partial charge is 0.499 e. The lowest BCUT2D eigenvalue weighted by atomic mass is 9.78. The third-order valence-electron chi connectivity index (χ3n) is 9.89. The van der Waals surface area contributed by atoms with Crippen molar-refractivity contribution in [2.24, 2.45) is 23.7 Å². The highest BCUT2D eigenvalue weighted by Gasteiger charge is 2.62. The zero-order chi connectivity index (χ0) is 36.3. The molecule has 0 heterocycles. The summed E-state index contributed by atoms with van der Waals surface area (Å²) in [6, 6.07) is 10.9. The first kappa shape index (κ1) is 40.8. The molecule has 2 saturated carbocycles. The van der Waals surface area contributed by atoms with Crippen LogP contribution in [0, 0.1) is 23.7 Å². The Balaban J connectivity index is 0.000000266. The van der Waals surface area contributed by atoms with Gasteiger partial charge in [0.25, 0.3) is 0 Å². The van der Waals surface area contributed by atoms with Gasteiger partial charge in [-0.05, 0) is 84.7 Å². The fourth-order valence-electron chi connectivity index (χ4n) is 6.75. The topological polar surface area (TPSA) is 18.5 Å². The van der Waals surface area contributed by atoms with E-state index in [9.17, 15) is 43.9 Å². The van der Waals surface area contributed by atoms with E-state index in [0.717, 1.165) is 48.6 Å². The Hall–Kier alpha value is -2.66. The lowest BCUT2D eigenvalue weighted by Crippen LogP contribution is -2.41. The molecule has 0 amide bonds. The summed E-state index contributed by atoms with van der Waals surface area (Å²) < 4.78 is 132. The van der Waals surface area contributed by atoms with E-state index in [0.29, 0.717) is 11.8 Å². The van der Waals surface area contributed by atoms with Crippen LogP contribution in [0.1, 0.15) is 108 Å². The number of halogens is 10. The number of hydrogen-bond donors (Lipinski definition) is 0. The van der Waals surface area contributed by atoms with Crippen LogP contribution in [-0.4, -0.2) is 24.6 Å². The maximum atomic E-state index is 12.8. The molecule has 0 aromatic heterocycles. The molecule has 2 aliphatic carbocycles. The number of ether oxygens (including phenoxy) is 2. The molecule has 2 aromatic rings. The van der Waals surface area contributed by atoms with Crippen LogP contribution in [0.4, 0.5) is 43.9 Å². The molecule has 0 spiro atoms. The van der Waals surface area contributed by atoms with Crippen LogP contribution in [0.15, 0.2) is 48.5 Å². The summed E-state index contributed by atoms with van der Waals surface area (Å²) >= 11 is 0. The van der Waals surface area contributed by atoms with Crippen molar-refractivity contribution < 1.29 is 53.4 Å². The van der Waals surface area contributed by atoms with Gasteiger partial charge in [-0.3, -0.25) is 0 Å². The van der Waals surface area contributed by atoms with Crippen LogP contribution >= 0.6 is 0 Å². The summed E-state index contributed by atoms with van der Waals surface area (Å²) in [5, 5.41) is 0. The Morgan fingerprint density at radius 3 is 1.06 bits per heavy atom. The minimum atomic E-state index is -5.72. The fourth-order valence-corrected chi connectivity index (χ4v) is 6.75. The molecule has 2 nitrogen and oxygen atoms in total. The quantitative estimate of drug-likeness (QED) is 0.192. The second kappa shape index (κ2) is 18.0. The molecular weight excluding hydrogens is 666 g/mol. The van der Waals surface area contributed by atoms with Crippen molar-refractivity contribution in [3.63, 3.8) is 0 Å². The summed E-state index contributed by atoms with van der Waals surface area (Å²) in [5.41, 5.74) is 1.86. The highest BCUT2D eigenvalue weighted by atomic mass is 19.4. The first-order valence-electron chi connectivity index (χ1n) is 17.4. The lowest BCUT2D eigenvalue weighted by molar-refractivity contribution is -0.360. The van der Waals surface area contributed by atoms with Crippen molar-refractivity contribution >= 4 is 0 Å². The summed E-state index contributed by atoms with van der Waals surface area (Å²) in [4.78, 5) is 0. The van der Waals surface area contributed by atoms with Crippen molar-refractivity contribution in [2.45, 2.75) is 135 Å². The standard InChI is InChI=1S/C19H25F5O.C18H23F5O/c1-2-3-14-4-6-15(7-5-14)8-9-16-10-12-17(13-11-16)25-19(23,24)18(20,21)22;1-2-13-3-5-14(6-4-13)7-8-15-9-11-16(12-10-15)24-18(22,23)17(19,20)21/h10-15H,2-9H2,1H3;9-14H,2-8H2,1H3/t;13-,14-. The van der Waals surface area contributed by atoms with E-state index in [2.05, 4.69) is 23.3 Å². The molecule has 0 aliphatic heterocycles. The molecule has 2 aromatic carbocycles. The smallest absolute Gasteiger partial charge is 0.426 e. The maximum Gasteiger partial charge on any atom is 0.499 e.